The molecule has 0 heterocycles. The molecule has 0 nitrogen and oxygen atoms in total. The summed E-state index contributed by atoms with van der Waals surface area (Å²) in [6, 6.07) is 0. The lowest BCUT2D eigenvalue weighted by atomic mass is 9.43. The molecule has 1 spiro atoms. The van der Waals surface area contributed by atoms with Gasteiger partial charge in [-0.1, -0.05) is 31.9 Å². The Morgan fingerprint density at radius 3 is 2.71 bits per heavy atom. The van der Waals surface area contributed by atoms with Gasteiger partial charge in [-0.05, 0) is 98.2 Å². The van der Waals surface area contributed by atoms with Crippen LogP contribution in [0.4, 0.5) is 0 Å². The van der Waals surface area contributed by atoms with Crippen LogP contribution in [0.15, 0.2) is 11.6 Å². The van der Waals surface area contributed by atoms with Crippen LogP contribution >= 0.6 is 0 Å². The normalized spacial score (nSPS) is 58.2. The summed E-state index contributed by atoms with van der Waals surface area (Å²) in [5, 5.41) is 0. The molecule has 0 aliphatic heterocycles. The van der Waals surface area contributed by atoms with E-state index in [-0.39, 0.29) is 0 Å². The first kappa shape index (κ1) is 13.2. The first-order chi connectivity index (χ1) is 10.1. The molecule has 116 valence electrons. The molecule has 21 heavy (non-hydrogen) atoms. The predicted octanol–water partition coefficient (Wildman–Crippen LogP) is 5.98. The molecule has 0 aromatic carbocycles. The molecule has 5 aliphatic carbocycles. The zero-order valence-electron chi connectivity index (χ0n) is 14.0. The summed E-state index contributed by atoms with van der Waals surface area (Å²) in [4.78, 5) is 0. The van der Waals surface area contributed by atoms with Crippen LogP contribution in [0.3, 0.4) is 0 Å². The van der Waals surface area contributed by atoms with Crippen molar-refractivity contribution in [3.8, 4) is 0 Å². The maximum atomic E-state index is 2.71. The summed E-state index contributed by atoms with van der Waals surface area (Å²) in [7, 11) is 0. The highest BCUT2D eigenvalue weighted by molar-refractivity contribution is 5.33. The maximum Gasteiger partial charge on any atom is -0.00224 e. The van der Waals surface area contributed by atoms with Gasteiger partial charge in [0, 0.05) is 0 Å². The van der Waals surface area contributed by atoms with E-state index in [4.69, 9.17) is 0 Å². The van der Waals surface area contributed by atoms with Gasteiger partial charge in [0.1, 0.15) is 0 Å². The molecule has 0 N–H and O–H groups in total. The molecule has 5 aliphatic rings. The minimum Gasteiger partial charge on any atom is -0.0839 e. The van der Waals surface area contributed by atoms with Crippen LogP contribution in [0.2, 0.25) is 0 Å². The Morgan fingerprint density at radius 2 is 1.90 bits per heavy atom. The van der Waals surface area contributed by atoms with E-state index in [0.717, 1.165) is 35.0 Å². The van der Waals surface area contributed by atoms with E-state index < -0.39 is 0 Å². The van der Waals surface area contributed by atoms with Gasteiger partial charge in [0.2, 0.25) is 0 Å². The highest BCUT2D eigenvalue weighted by Gasteiger charge is 2.61. The Kier molecular flexibility index (Phi) is 2.63. The van der Waals surface area contributed by atoms with E-state index in [2.05, 4.69) is 19.9 Å². The lowest BCUT2D eigenvalue weighted by Crippen LogP contribution is -2.54. The van der Waals surface area contributed by atoms with Gasteiger partial charge in [0.05, 0.1) is 0 Å². The van der Waals surface area contributed by atoms with E-state index in [1.165, 1.54) is 19.3 Å². The molecule has 4 saturated carbocycles. The molecule has 0 aromatic heterocycles. The van der Waals surface area contributed by atoms with Crippen LogP contribution in [-0.4, -0.2) is 0 Å². The van der Waals surface area contributed by atoms with Crippen molar-refractivity contribution in [1.29, 1.82) is 0 Å². The fraction of sp³-hybridized carbons (Fsp3) is 0.905. The number of allylic oxidation sites excluding steroid dienone is 2. The van der Waals surface area contributed by atoms with E-state index in [0.29, 0.717) is 5.41 Å². The van der Waals surface area contributed by atoms with Crippen LogP contribution in [0.1, 0.15) is 78.1 Å². The average molecular weight is 284 g/mol. The van der Waals surface area contributed by atoms with Crippen molar-refractivity contribution in [2.24, 2.45) is 40.4 Å². The lowest BCUT2D eigenvalue weighted by Gasteiger charge is -2.62. The molecule has 5 rings (SSSR count). The van der Waals surface area contributed by atoms with E-state index in [9.17, 15) is 0 Å². The zero-order chi connectivity index (χ0) is 14.2. The third-order valence-corrected chi connectivity index (χ3v) is 9.21. The quantitative estimate of drug-likeness (QED) is 0.480. The Morgan fingerprint density at radius 1 is 1.00 bits per heavy atom. The standard InChI is InChI=1S/C21H32/c1-14-7-10-20(2)16(13-14)3-5-17-18(20)9-12-21-11-8-15(21)4-6-19(17)21/h8,14,16-19H,3-7,9-13H2,1-2H3. The molecule has 7 atom stereocenters. The molecule has 7 unspecified atom stereocenters. The van der Waals surface area contributed by atoms with Gasteiger partial charge in [-0.15, -0.1) is 0 Å². The van der Waals surface area contributed by atoms with Crippen LogP contribution in [0.5, 0.6) is 0 Å². The van der Waals surface area contributed by atoms with Gasteiger partial charge >= 0.3 is 0 Å². The molecule has 4 fully saturated rings. The second-order valence-corrected chi connectivity index (χ2v) is 9.70. The Balaban J connectivity index is 1.47. The van der Waals surface area contributed by atoms with Crippen LogP contribution in [0.25, 0.3) is 0 Å². The highest BCUT2D eigenvalue weighted by atomic mass is 14.7. The summed E-state index contributed by atoms with van der Waals surface area (Å²) < 4.78 is 0. The fourth-order valence-electron chi connectivity index (χ4n) is 8.00. The monoisotopic (exact) mass is 284 g/mol. The summed E-state index contributed by atoms with van der Waals surface area (Å²) in [6.07, 6.45) is 17.9. The Hall–Kier alpha value is -0.260. The molecule has 0 amide bonds. The highest BCUT2D eigenvalue weighted by Crippen LogP contribution is 2.70. The fourth-order valence-corrected chi connectivity index (χ4v) is 8.00. The number of hydrogen-bond donors (Lipinski definition) is 0. The minimum atomic E-state index is 0.716. The molecular formula is C21H32. The third kappa shape index (κ3) is 1.53. The first-order valence-corrected chi connectivity index (χ1v) is 9.83. The summed E-state index contributed by atoms with van der Waals surface area (Å²) in [5.74, 6) is 5.34. The van der Waals surface area contributed by atoms with Gasteiger partial charge < -0.3 is 0 Å². The SMILES string of the molecule is CC1CCC2(C)C(CCC3C4CCC5=CCC54CCC32)C1. The van der Waals surface area contributed by atoms with Crippen molar-refractivity contribution in [2.45, 2.75) is 78.1 Å². The van der Waals surface area contributed by atoms with Crippen LogP contribution in [0, 0.1) is 40.4 Å². The lowest BCUT2D eigenvalue weighted by molar-refractivity contribution is -0.110. The predicted molar refractivity (Wildman–Crippen MR) is 87.9 cm³/mol. The van der Waals surface area contributed by atoms with Gasteiger partial charge in [0.25, 0.3) is 0 Å². The maximum absolute atomic E-state index is 2.71. The van der Waals surface area contributed by atoms with E-state index >= 15 is 0 Å². The van der Waals surface area contributed by atoms with Crippen molar-refractivity contribution in [2.75, 3.05) is 0 Å². The smallest absolute Gasteiger partial charge is 0.00224 e. The topological polar surface area (TPSA) is 0 Å². The summed E-state index contributed by atoms with van der Waals surface area (Å²) in [6.45, 7) is 5.22. The number of fused-ring (bicyclic) bond motifs is 4. The minimum absolute atomic E-state index is 0.716. The van der Waals surface area contributed by atoms with Gasteiger partial charge in [-0.2, -0.15) is 0 Å². The number of rotatable bonds is 0. The van der Waals surface area contributed by atoms with Crippen molar-refractivity contribution in [3.05, 3.63) is 11.6 Å². The van der Waals surface area contributed by atoms with Crippen molar-refractivity contribution in [1.82, 2.24) is 0 Å². The molecule has 0 saturated heterocycles. The molecule has 0 bridgehead atoms. The molecular weight excluding hydrogens is 252 g/mol. The van der Waals surface area contributed by atoms with E-state index in [1.54, 1.807) is 44.9 Å². The third-order valence-electron chi connectivity index (χ3n) is 9.21. The van der Waals surface area contributed by atoms with Crippen LogP contribution < -0.4 is 0 Å². The second-order valence-electron chi connectivity index (χ2n) is 9.70. The van der Waals surface area contributed by atoms with E-state index in [1.807, 2.05) is 5.57 Å². The average Bonchev–Trinajstić information content (AvgIpc) is 2.72. The summed E-state index contributed by atoms with van der Waals surface area (Å²) in [5.41, 5.74) is 3.36. The Bertz CT molecular complexity index is 488. The van der Waals surface area contributed by atoms with Gasteiger partial charge in [0.15, 0.2) is 0 Å². The second kappa shape index (κ2) is 4.18. The van der Waals surface area contributed by atoms with Crippen LogP contribution in [-0.2, 0) is 0 Å². The van der Waals surface area contributed by atoms with Crippen molar-refractivity contribution >= 4 is 0 Å². The molecule has 0 radical (unpaired) electrons. The first-order valence-electron chi connectivity index (χ1n) is 9.83. The number of hydrogen-bond acceptors (Lipinski definition) is 0. The summed E-state index contributed by atoms with van der Waals surface area (Å²) >= 11 is 0. The van der Waals surface area contributed by atoms with Gasteiger partial charge in [-0.3, -0.25) is 0 Å². The molecule has 0 aromatic rings. The Labute approximate surface area is 130 Å². The van der Waals surface area contributed by atoms with Crippen molar-refractivity contribution < 1.29 is 0 Å². The van der Waals surface area contributed by atoms with Gasteiger partial charge in [-0.25, -0.2) is 0 Å². The zero-order valence-corrected chi connectivity index (χ0v) is 14.0. The largest absolute Gasteiger partial charge is 0.0839 e. The molecule has 0 heteroatoms. The van der Waals surface area contributed by atoms with Crippen molar-refractivity contribution in [3.63, 3.8) is 0 Å².